The first kappa shape index (κ1) is 17.8. The lowest BCUT2D eigenvalue weighted by Crippen LogP contribution is -2.20. The van der Waals surface area contributed by atoms with Crippen molar-refractivity contribution < 1.29 is 24.2 Å². The second-order valence-electron chi connectivity index (χ2n) is 5.36. The Morgan fingerprint density at radius 1 is 1.12 bits per heavy atom. The van der Waals surface area contributed by atoms with E-state index in [1.165, 1.54) is 6.08 Å². The lowest BCUT2D eigenvalue weighted by Gasteiger charge is -2.12. The van der Waals surface area contributed by atoms with E-state index in [0.717, 1.165) is 5.56 Å². The number of ketones is 2. The minimum atomic E-state index is -0.301. The first-order chi connectivity index (χ1) is 11.6. The number of carbonyl (C=O) groups excluding carboxylic acids is 2. The quantitative estimate of drug-likeness (QED) is 0.490. The first-order valence-electron chi connectivity index (χ1n) is 8.14. The van der Waals surface area contributed by atoms with Crippen LogP contribution in [0.4, 0.5) is 0 Å². The smallest absolute Gasteiger partial charge is 0.170 e. The molecule has 1 saturated carbocycles. The molecule has 24 heavy (non-hydrogen) atoms. The van der Waals surface area contributed by atoms with Crippen molar-refractivity contribution in [3.8, 4) is 11.5 Å². The number of allylic oxidation sites excluding steroid dienone is 2. The summed E-state index contributed by atoms with van der Waals surface area (Å²) in [6.07, 6.45) is 4.14. The van der Waals surface area contributed by atoms with Crippen LogP contribution in [0.25, 0.3) is 6.08 Å². The molecule has 0 bridgehead atoms. The number of hydrogen-bond acceptors (Lipinski definition) is 5. The van der Waals surface area contributed by atoms with Crippen LogP contribution in [0.3, 0.4) is 0 Å². The molecule has 0 aromatic heterocycles. The van der Waals surface area contributed by atoms with Crippen molar-refractivity contribution in [2.24, 2.45) is 0 Å². The summed E-state index contributed by atoms with van der Waals surface area (Å²) in [5.74, 6) is 0.411. The lowest BCUT2D eigenvalue weighted by atomic mass is 9.91. The Kier molecular flexibility index (Phi) is 6.18. The normalized spacial score (nSPS) is 15.0. The van der Waals surface area contributed by atoms with Gasteiger partial charge in [-0.1, -0.05) is 0 Å². The molecule has 1 aromatic rings. The number of aliphatic hydroxyl groups excluding tert-OH is 1. The van der Waals surface area contributed by atoms with Crippen molar-refractivity contribution in [2.75, 3.05) is 13.2 Å². The molecule has 0 aliphatic heterocycles. The molecular formula is C19H22O5. The van der Waals surface area contributed by atoms with E-state index in [1.807, 2.05) is 13.8 Å². The fraction of sp³-hybridized carbons (Fsp3) is 0.368. The van der Waals surface area contributed by atoms with Gasteiger partial charge in [0.1, 0.15) is 22.8 Å². The third-order valence-electron chi connectivity index (χ3n) is 3.64. The molecule has 0 amide bonds. The summed E-state index contributed by atoms with van der Waals surface area (Å²) in [5.41, 5.74) is 0.629. The van der Waals surface area contributed by atoms with Gasteiger partial charge in [0.25, 0.3) is 0 Å². The summed E-state index contributed by atoms with van der Waals surface area (Å²) < 4.78 is 11.0. The molecule has 0 unspecified atom stereocenters. The topological polar surface area (TPSA) is 72.8 Å². The minimum Gasteiger partial charge on any atom is -0.507 e. The summed E-state index contributed by atoms with van der Waals surface area (Å²) in [7, 11) is 0. The van der Waals surface area contributed by atoms with Gasteiger partial charge in [-0.05, 0) is 44.6 Å². The van der Waals surface area contributed by atoms with E-state index in [1.54, 1.807) is 24.3 Å². The third-order valence-corrected chi connectivity index (χ3v) is 3.64. The molecule has 0 heterocycles. The third kappa shape index (κ3) is 4.25. The standard InChI is InChI=1S/C19H22O5/c1-3-23-14-10-8-13(18(12-14)24-4-2)9-11-17(22)19-15(20)6-5-7-16(19)21/h8-12,22H,3-7H2,1-2H3. The second kappa shape index (κ2) is 8.34. The van der Waals surface area contributed by atoms with Crippen LogP contribution in [0.2, 0.25) is 0 Å². The highest BCUT2D eigenvalue weighted by molar-refractivity contribution is 6.22. The van der Waals surface area contributed by atoms with Crippen LogP contribution in [-0.2, 0) is 9.59 Å². The Labute approximate surface area is 141 Å². The molecule has 0 radical (unpaired) electrons. The average molecular weight is 330 g/mol. The maximum absolute atomic E-state index is 11.8. The number of Topliss-reactive ketones (excluding diaryl/α,β-unsaturated/α-hetero) is 2. The number of benzene rings is 1. The molecule has 1 aromatic carbocycles. The molecule has 0 spiro atoms. The first-order valence-corrected chi connectivity index (χ1v) is 8.14. The van der Waals surface area contributed by atoms with Gasteiger partial charge in [0.2, 0.25) is 0 Å². The molecule has 0 saturated heterocycles. The van der Waals surface area contributed by atoms with Crippen molar-refractivity contribution >= 4 is 17.6 Å². The van der Waals surface area contributed by atoms with Crippen molar-refractivity contribution in [1.29, 1.82) is 0 Å². The van der Waals surface area contributed by atoms with Crippen LogP contribution in [0.1, 0.15) is 38.7 Å². The Hall–Kier alpha value is -2.56. The maximum atomic E-state index is 11.8. The Bertz CT molecular complexity index is 667. The number of ether oxygens (including phenoxy) is 2. The zero-order chi connectivity index (χ0) is 17.5. The fourth-order valence-corrected chi connectivity index (χ4v) is 2.54. The van der Waals surface area contributed by atoms with Gasteiger partial charge in [0.05, 0.1) is 13.2 Å². The summed E-state index contributed by atoms with van der Waals surface area (Å²) in [6, 6.07) is 5.37. The number of hydrogen-bond donors (Lipinski definition) is 1. The van der Waals surface area contributed by atoms with E-state index in [9.17, 15) is 14.7 Å². The van der Waals surface area contributed by atoms with E-state index in [4.69, 9.17) is 9.47 Å². The van der Waals surface area contributed by atoms with Crippen LogP contribution in [0.15, 0.2) is 35.6 Å². The van der Waals surface area contributed by atoms with Crippen LogP contribution in [-0.4, -0.2) is 29.9 Å². The largest absolute Gasteiger partial charge is 0.507 e. The molecule has 1 aliphatic rings. The summed E-state index contributed by atoms with van der Waals surface area (Å²) in [4.78, 5) is 23.7. The number of rotatable bonds is 6. The van der Waals surface area contributed by atoms with Crippen LogP contribution < -0.4 is 9.47 Å². The highest BCUT2D eigenvalue weighted by Gasteiger charge is 2.26. The van der Waals surface area contributed by atoms with Crippen LogP contribution in [0.5, 0.6) is 11.5 Å². The highest BCUT2D eigenvalue weighted by atomic mass is 16.5. The van der Waals surface area contributed by atoms with Gasteiger partial charge >= 0.3 is 0 Å². The predicted octanol–water partition coefficient (Wildman–Crippen LogP) is 3.63. The average Bonchev–Trinajstić information content (AvgIpc) is 2.54. The van der Waals surface area contributed by atoms with Crippen molar-refractivity contribution in [3.63, 3.8) is 0 Å². The number of carbonyl (C=O) groups is 2. The van der Waals surface area contributed by atoms with Crippen LogP contribution in [0, 0.1) is 0 Å². The van der Waals surface area contributed by atoms with Crippen molar-refractivity contribution in [1.82, 2.24) is 0 Å². The van der Waals surface area contributed by atoms with Gasteiger partial charge in [-0.3, -0.25) is 9.59 Å². The molecule has 1 N–H and O–H groups in total. The molecule has 128 valence electrons. The monoisotopic (exact) mass is 330 g/mol. The summed E-state index contributed by atoms with van der Waals surface area (Å²) in [6.45, 7) is 4.81. The SMILES string of the molecule is CCOc1ccc(C=CC(O)=C2C(=O)CCCC2=O)c(OCC)c1. The maximum Gasteiger partial charge on any atom is 0.170 e. The Morgan fingerprint density at radius 2 is 1.79 bits per heavy atom. The number of aliphatic hydroxyl groups is 1. The van der Waals surface area contributed by atoms with Crippen molar-refractivity contribution in [3.05, 3.63) is 41.2 Å². The van der Waals surface area contributed by atoms with E-state index in [0.29, 0.717) is 44.0 Å². The van der Waals surface area contributed by atoms with Crippen LogP contribution >= 0.6 is 0 Å². The predicted molar refractivity (Wildman–Crippen MR) is 91.3 cm³/mol. The second-order valence-corrected chi connectivity index (χ2v) is 5.36. The van der Waals surface area contributed by atoms with E-state index in [-0.39, 0.29) is 22.9 Å². The Balaban J connectivity index is 2.30. The fourth-order valence-electron chi connectivity index (χ4n) is 2.54. The van der Waals surface area contributed by atoms with E-state index in [2.05, 4.69) is 0 Å². The molecule has 1 aliphatic carbocycles. The van der Waals surface area contributed by atoms with Crippen molar-refractivity contribution in [2.45, 2.75) is 33.1 Å². The molecule has 1 fully saturated rings. The summed E-state index contributed by atoms with van der Waals surface area (Å²) in [5, 5.41) is 10.1. The van der Waals surface area contributed by atoms with Gasteiger partial charge in [-0.2, -0.15) is 0 Å². The minimum absolute atomic E-state index is 0.0959. The van der Waals surface area contributed by atoms with Gasteiger partial charge in [-0.15, -0.1) is 0 Å². The molecule has 5 heteroatoms. The Morgan fingerprint density at radius 3 is 2.42 bits per heavy atom. The van der Waals surface area contributed by atoms with Gasteiger partial charge in [-0.25, -0.2) is 0 Å². The zero-order valence-electron chi connectivity index (χ0n) is 14.0. The zero-order valence-corrected chi connectivity index (χ0v) is 14.0. The lowest BCUT2D eigenvalue weighted by molar-refractivity contribution is -0.124. The van der Waals surface area contributed by atoms with Gasteiger partial charge in [0.15, 0.2) is 11.6 Å². The molecule has 0 atom stereocenters. The molecule has 2 rings (SSSR count). The highest BCUT2D eigenvalue weighted by Crippen LogP contribution is 2.27. The summed E-state index contributed by atoms with van der Waals surface area (Å²) >= 11 is 0. The molecule has 5 nitrogen and oxygen atoms in total. The molecular weight excluding hydrogens is 308 g/mol. The van der Waals surface area contributed by atoms with Gasteiger partial charge < -0.3 is 14.6 Å². The van der Waals surface area contributed by atoms with E-state index >= 15 is 0 Å². The van der Waals surface area contributed by atoms with E-state index < -0.39 is 0 Å². The van der Waals surface area contributed by atoms with Gasteiger partial charge in [0, 0.05) is 24.5 Å².